The highest BCUT2D eigenvalue weighted by atomic mass is 32.3. The van der Waals surface area contributed by atoms with Gasteiger partial charge >= 0.3 is 10.4 Å². The van der Waals surface area contributed by atoms with Crippen LogP contribution in [0.25, 0.3) is 0 Å². The number of rotatable bonds is 32. The summed E-state index contributed by atoms with van der Waals surface area (Å²) in [6.07, 6.45) is 13.2. The summed E-state index contributed by atoms with van der Waals surface area (Å²) in [5, 5.41) is 54.9. The molecule has 1 heterocycles. The van der Waals surface area contributed by atoms with Crippen molar-refractivity contribution in [2.45, 2.75) is 210 Å². The van der Waals surface area contributed by atoms with Crippen LogP contribution in [0, 0.1) is 0 Å². The van der Waals surface area contributed by atoms with Gasteiger partial charge in [0.25, 0.3) is 0 Å². The number of carbonyl (C=O) groups excluding carboxylic acids is 1. The van der Waals surface area contributed by atoms with Crippen LogP contribution in [-0.4, -0.2) is 107 Å². The van der Waals surface area contributed by atoms with E-state index in [0.717, 1.165) is 38.5 Å². The molecule has 1 amide bonds. The topological polar surface area (TPSA) is 212 Å². The van der Waals surface area contributed by atoms with E-state index in [9.17, 15) is 38.7 Å². The van der Waals surface area contributed by atoms with Crippen molar-refractivity contribution in [1.29, 1.82) is 0 Å². The van der Waals surface area contributed by atoms with Crippen molar-refractivity contribution in [3.63, 3.8) is 0 Å². The van der Waals surface area contributed by atoms with E-state index >= 15 is 0 Å². The van der Waals surface area contributed by atoms with Gasteiger partial charge in [-0.1, -0.05) is 149 Å². The van der Waals surface area contributed by atoms with Crippen LogP contribution >= 0.6 is 0 Å². The van der Waals surface area contributed by atoms with Crippen LogP contribution < -0.4 is 5.32 Å². The molecule has 298 valence electrons. The number of hydrogen-bond donors (Lipinski definition) is 7. The van der Waals surface area contributed by atoms with Gasteiger partial charge in [-0.05, 0) is 12.8 Å². The van der Waals surface area contributed by atoms with Gasteiger partial charge in [0.2, 0.25) is 5.91 Å². The molecular weight excluding hydrogens is 670 g/mol. The summed E-state index contributed by atoms with van der Waals surface area (Å²) in [6, 6.07) is -1.02. The summed E-state index contributed by atoms with van der Waals surface area (Å²) in [5.74, 6) is -0.674. The van der Waals surface area contributed by atoms with Gasteiger partial charge in [-0.3, -0.25) is 9.35 Å². The molecular formula is C36H71NO12S. The first-order valence-corrected chi connectivity index (χ1v) is 20.9. The lowest BCUT2D eigenvalue weighted by Gasteiger charge is -2.41. The Bertz CT molecular complexity index is 942. The fraction of sp³-hybridized carbons (Fsp3) is 0.972. The predicted octanol–water partition coefficient (Wildman–Crippen LogP) is 4.85. The molecule has 8 unspecified atom stereocenters. The zero-order valence-corrected chi connectivity index (χ0v) is 31.7. The highest BCUT2D eigenvalue weighted by Crippen LogP contribution is 2.26. The van der Waals surface area contributed by atoms with Crippen molar-refractivity contribution in [2.24, 2.45) is 0 Å². The molecule has 13 nitrogen and oxygen atoms in total. The van der Waals surface area contributed by atoms with E-state index in [1.54, 1.807) is 0 Å². The molecule has 0 bridgehead atoms. The minimum absolute atomic E-state index is 0.262. The van der Waals surface area contributed by atoms with E-state index in [4.69, 9.17) is 14.0 Å². The molecule has 1 fully saturated rings. The maximum atomic E-state index is 13.0. The highest BCUT2D eigenvalue weighted by molar-refractivity contribution is 7.80. The maximum Gasteiger partial charge on any atom is 0.397 e. The number of hydrogen-bond acceptors (Lipinski definition) is 11. The molecule has 0 aromatic heterocycles. The Morgan fingerprint density at radius 3 is 1.60 bits per heavy atom. The lowest BCUT2D eigenvalue weighted by molar-refractivity contribution is -0.298. The van der Waals surface area contributed by atoms with E-state index in [1.165, 1.54) is 83.5 Å². The standard InChI is InChI=1S/C36H71NO12S/c1-3-5-7-9-11-13-14-15-16-17-19-20-22-24-29(39)28(37-35(43)30(40)25-23-21-18-12-10-8-6-4-2)27-47-36-33(42)34(49-50(44,45)46)32(41)31(26-38)48-36/h28-34,36,38-42H,3-27H2,1-2H3,(H,37,43)(H,44,45,46). The van der Waals surface area contributed by atoms with Crippen molar-refractivity contribution >= 4 is 16.3 Å². The molecule has 1 aliphatic rings. The lowest BCUT2D eigenvalue weighted by atomic mass is 9.99. The molecule has 0 aromatic rings. The third kappa shape index (κ3) is 21.6. The summed E-state index contributed by atoms with van der Waals surface area (Å²) in [5.41, 5.74) is 0. The molecule has 0 radical (unpaired) electrons. The molecule has 8 atom stereocenters. The Hall–Kier alpha value is -0.940. The van der Waals surface area contributed by atoms with Gasteiger partial charge in [0.05, 0.1) is 25.4 Å². The zero-order valence-electron chi connectivity index (χ0n) is 30.8. The van der Waals surface area contributed by atoms with Gasteiger partial charge in [0, 0.05) is 0 Å². The number of ether oxygens (including phenoxy) is 2. The van der Waals surface area contributed by atoms with Crippen LogP contribution in [0.4, 0.5) is 0 Å². The monoisotopic (exact) mass is 741 g/mol. The molecule has 14 heteroatoms. The summed E-state index contributed by atoms with van der Waals surface area (Å²) in [6.45, 7) is 3.20. The number of aliphatic hydroxyl groups excluding tert-OH is 5. The van der Waals surface area contributed by atoms with Gasteiger partial charge in [-0.15, -0.1) is 0 Å². The van der Waals surface area contributed by atoms with Gasteiger partial charge in [-0.2, -0.15) is 8.42 Å². The third-order valence-electron chi connectivity index (χ3n) is 9.52. The number of carbonyl (C=O) groups is 1. The average molecular weight is 742 g/mol. The van der Waals surface area contributed by atoms with E-state index in [1.807, 2.05) is 0 Å². The Balaban J connectivity index is 2.67. The van der Waals surface area contributed by atoms with E-state index in [2.05, 4.69) is 23.3 Å². The van der Waals surface area contributed by atoms with E-state index in [0.29, 0.717) is 19.3 Å². The van der Waals surface area contributed by atoms with Crippen LogP contribution in [0.1, 0.15) is 162 Å². The van der Waals surface area contributed by atoms with Crippen LogP contribution in [0.5, 0.6) is 0 Å². The van der Waals surface area contributed by atoms with Crippen molar-refractivity contribution in [3.8, 4) is 0 Å². The Labute approximate surface area is 301 Å². The number of amides is 1. The van der Waals surface area contributed by atoms with E-state index < -0.39 is 78.5 Å². The average Bonchev–Trinajstić information content (AvgIpc) is 3.08. The summed E-state index contributed by atoms with van der Waals surface area (Å²) in [7, 11) is -5.10. The minimum Gasteiger partial charge on any atom is -0.394 e. The minimum atomic E-state index is -5.10. The predicted molar refractivity (Wildman–Crippen MR) is 192 cm³/mol. The molecule has 1 rings (SSSR count). The molecule has 0 aromatic carbocycles. The summed E-state index contributed by atoms with van der Waals surface area (Å²) in [4.78, 5) is 13.0. The summed E-state index contributed by atoms with van der Waals surface area (Å²) < 4.78 is 47.3. The molecule has 0 aliphatic carbocycles. The zero-order chi connectivity index (χ0) is 37.2. The molecule has 0 spiro atoms. The molecule has 7 N–H and O–H groups in total. The molecule has 1 saturated heterocycles. The normalized spacial score (nSPS) is 23.1. The number of nitrogens with one attached hydrogen (secondary N) is 1. The van der Waals surface area contributed by atoms with Crippen LogP contribution in [0.3, 0.4) is 0 Å². The SMILES string of the molecule is CCCCCCCCCCCCCCCC(O)C(COC1OC(CO)C(O)C(OS(=O)(=O)O)C1O)NC(=O)C(O)CCCCCCCCCC. The van der Waals surface area contributed by atoms with Crippen molar-refractivity contribution < 1.29 is 57.0 Å². The van der Waals surface area contributed by atoms with Crippen LogP contribution in [0.2, 0.25) is 0 Å². The largest absolute Gasteiger partial charge is 0.397 e. The molecule has 50 heavy (non-hydrogen) atoms. The highest BCUT2D eigenvalue weighted by Gasteiger charge is 2.48. The number of aliphatic hydroxyl groups is 5. The quantitative estimate of drug-likeness (QED) is 0.0364. The molecule has 0 saturated carbocycles. The lowest BCUT2D eigenvalue weighted by Crippen LogP contribution is -2.61. The second kappa shape index (κ2) is 28.5. The first-order chi connectivity index (χ1) is 23.9. The Morgan fingerprint density at radius 2 is 1.16 bits per heavy atom. The first kappa shape index (κ1) is 47.1. The Morgan fingerprint density at radius 1 is 0.720 bits per heavy atom. The Kier molecular flexibility index (Phi) is 26.9. The third-order valence-corrected chi connectivity index (χ3v) is 9.99. The fourth-order valence-corrected chi connectivity index (χ4v) is 6.85. The van der Waals surface area contributed by atoms with Crippen molar-refractivity contribution in [1.82, 2.24) is 5.32 Å². The van der Waals surface area contributed by atoms with Crippen LogP contribution in [0.15, 0.2) is 0 Å². The van der Waals surface area contributed by atoms with Gasteiger partial charge < -0.3 is 40.3 Å². The molecule has 1 aliphatic heterocycles. The fourth-order valence-electron chi connectivity index (χ4n) is 6.35. The van der Waals surface area contributed by atoms with Gasteiger partial charge in [0.1, 0.15) is 30.5 Å². The van der Waals surface area contributed by atoms with E-state index in [-0.39, 0.29) is 6.42 Å². The summed E-state index contributed by atoms with van der Waals surface area (Å²) >= 11 is 0. The second-order valence-electron chi connectivity index (χ2n) is 14.0. The second-order valence-corrected chi connectivity index (χ2v) is 15.1. The maximum absolute atomic E-state index is 13.0. The smallest absolute Gasteiger partial charge is 0.394 e. The van der Waals surface area contributed by atoms with Crippen molar-refractivity contribution in [2.75, 3.05) is 13.2 Å². The van der Waals surface area contributed by atoms with Crippen LogP contribution in [-0.2, 0) is 28.9 Å². The van der Waals surface area contributed by atoms with Gasteiger partial charge in [-0.25, -0.2) is 4.18 Å². The van der Waals surface area contributed by atoms with Gasteiger partial charge in [0.15, 0.2) is 6.29 Å². The number of unbranched alkanes of at least 4 members (excludes halogenated alkanes) is 19. The first-order valence-electron chi connectivity index (χ1n) is 19.5. The van der Waals surface area contributed by atoms with Crippen molar-refractivity contribution in [3.05, 3.63) is 0 Å².